The number of aromatic amines is 1. The van der Waals surface area contributed by atoms with Gasteiger partial charge in [0.05, 0.1) is 27.8 Å². The first-order valence-electron chi connectivity index (χ1n) is 7.41. The lowest BCUT2D eigenvalue weighted by Crippen LogP contribution is -2.20. The van der Waals surface area contributed by atoms with E-state index in [2.05, 4.69) is 21.3 Å². The topological polar surface area (TPSA) is 144 Å². The van der Waals surface area contributed by atoms with Crippen LogP contribution < -0.4 is 10.5 Å². The molecular formula is C16H10N6O3S. The number of H-pyrrole nitrogens is 1. The highest BCUT2D eigenvalue weighted by atomic mass is 32.1. The number of thiophene rings is 1. The summed E-state index contributed by atoms with van der Waals surface area (Å²) >= 11 is 0.982. The number of rotatable bonds is 3. The Morgan fingerprint density at radius 1 is 1.38 bits per heavy atom. The second-order valence-corrected chi connectivity index (χ2v) is 6.48. The van der Waals surface area contributed by atoms with Crippen LogP contribution in [0.1, 0.15) is 16.4 Å². The first kappa shape index (κ1) is 15.8. The van der Waals surface area contributed by atoms with Gasteiger partial charge in [0.1, 0.15) is 11.6 Å². The van der Waals surface area contributed by atoms with Crippen LogP contribution in [0, 0.1) is 21.4 Å². The van der Waals surface area contributed by atoms with Crippen LogP contribution in [0.2, 0.25) is 0 Å². The number of nitriles is 1. The van der Waals surface area contributed by atoms with Crippen molar-refractivity contribution in [3.8, 4) is 23.3 Å². The Bertz CT molecular complexity index is 1080. The summed E-state index contributed by atoms with van der Waals surface area (Å²) in [6.07, 6.45) is 1.63. The fraction of sp³-hybridized carbons (Fsp3) is 0.0625. The largest absolute Gasteiger partial charge is 0.420 e. The lowest BCUT2D eigenvalue weighted by Gasteiger charge is -2.22. The van der Waals surface area contributed by atoms with E-state index in [-0.39, 0.29) is 22.3 Å². The van der Waals surface area contributed by atoms with Crippen molar-refractivity contribution in [2.75, 3.05) is 0 Å². The zero-order valence-corrected chi connectivity index (χ0v) is 13.9. The quantitative estimate of drug-likeness (QED) is 0.535. The Kier molecular flexibility index (Phi) is 3.63. The zero-order valence-electron chi connectivity index (χ0n) is 13.0. The van der Waals surface area contributed by atoms with E-state index in [9.17, 15) is 15.4 Å². The second kappa shape index (κ2) is 5.98. The van der Waals surface area contributed by atoms with Crippen LogP contribution in [-0.2, 0) is 0 Å². The molecule has 0 aromatic carbocycles. The Hall–Kier alpha value is -3.71. The van der Waals surface area contributed by atoms with E-state index in [0.29, 0.717) is 21.8 Å². The summed E-state index contributed by atoms with van der Waals surface area (Å²) in [5, 5.41) is 27.6. The molecule has 0 radical (unpaired) electrons. The predicted molar refractivity (Wildman–Crippen MR) is 92.1 cm³/mol. The summed E-state index contributed by atoms with van der Waals surface area (Å²) in [6, 6.07) is 10.5. The molecule has 0 spiro atoms. The van der Waals surface area contributed by atoms with Gasteiger partial charge >= 0.3 is 5.00 Å². The number of allylic oxidation sites excluding steroid dienone is 1. The molecule has 3 N–H and O–H groups in total. The van der Waals surface area contributed by atoms with E-state index < -0.39 is 10.8 Å². The monoisotopic (exact) mass is 366 g/mol. The van der Waals surface area contributed by atoms with E-state index in [1.165, 1.54) is 6.07 Å². The molecule has 26 heavy (non-hydrogen) atoms. The number of hydrogen-bond acceptors (Lipinski definition) is 8. The maximum atomic E-state index is 11.1. The molecule has 0 fully saturated rings. The molecule has 1 aliphatic heterocycles. The molecule has 0 bridgehead atoms. The van der Waals surface area contributed by atoms with Crippen molar-refractivity contribution in [2.45, 2.75) is 5.92 Å². The van der Waals surface area contributed by atoms with E-state index >= 15 is 0 Å². The summed E-state index contributed by atoms with van der Waals surface area (Å²) in [5.74, 6) is -0.471. The van der Waals surface area contributed by atoms with Crippen molar-refractivity contribution in [3.63, 3.8) is 0 Å². The maximum Gasteiger partial charge on any atom is 0.324 e. The van der Waals surface area contributed by atoms with E-state index in [4.69, 9.17) is 10.5 Å². The third kappa shape index (κ3) is 2.38. The molecule has 10 heteroatoms. The van der Waals surface area contributed by atoms with Gasteiger partial charge in [0, 0.05) is 17.1 Å². The number of pyridine rings is 1. The summed E-state index contributed by atoms with van der Waals surface area (Å²) in [4.78, 5) is 15.5. The van der Waals surface area contributed by atoms with E-state index in [0.717, 1.165) is 11.3 Å². The number of nitro groups is 1. The van der Waals surface area contributed by atoms with Gasteiger partial charge < -0.3 is 10.5 Å². The SMILES string of the molecule is N#CC1=C(N)Oc2n[nH]c(-c3ccccn3)c2C1c1ccc([N+](=O)[O-])s1. The Morgan fingerprint density at radius 2 is 2.23 bits per heavy atom. The highest BCUT2D eigenvalue weighted by molar-refractivity contribution is 7.15. The molecule has 0 amide bonds. The minimum Gasteiger partial charge on any atom is -0.420 e. The van der Waals surface area contributed by atoms with Gasteiger partial charge in [-0.15, -0.1) is 5.10 Å². The van der Waals surface area contributed by atoms with E-state index in [1.54, 1.807) is 24.4 Å². The van der Waals surface area contributed by atoms with Crippen molar-refractivity contribution >= 4 is 16.3 Å². The molecule has 0 aliphatic carbocycles. The molecule has 9 nitrogen and oxygen atoms in total. The third-order valence-electron chi connectivity index (χ3n) is 3.94. The van der Waals surface area contributed by atoms with Crippen LogP contribution >= 0.6 is 11.3 Å². The summed E-state index contributed by atoms with van der Waals surface area (Å²) < 4.78 is 5.48. The number of nitrogens with two attached hydrogens (primary N) is 1. The van der Waals surface area contributed by atoms with Crippen LogP contribution in [0.15, 0.2) is 48.0 Å². The highest BCUT2D eigenvalue weighted by Gasteiger charge is 2.37. The minimum absolute atomic E-state index is 0.0215. The van der Waals surface area contributed by atoms with Gasteiger partial charge in [-0.2, -0.15) is 5.26 Å². The molecule has 3 aromatic rings. The zero-order chi connectivity index (χ0) is 18.3. The summed E-state index contributed by atoms with van der Waals surface area (Å²) in [6.45, 7) is 0. The van der Waals surface area contributed by atoms with Gasteiger partial charge in [-0.3, -0.25) is 20.2 Å². The fourth-order valence-corrected chi connectivity index (χ4v) is 3.77. The van der Waals surface area contributed by atoms with Crippen molar-refractivity contribution in [1.29, 1.82) is 5.26 Å². The molecule has 0 saturated carbocycles. The number of aromatic nitrogens is 3. The lowest BCUT2D eigenvalue weighted by atomic mass is 9.88. The van der Waals surface area contributed by atoms with Gasteiger partial charge in [-0.05, 0) is 18.2 Å². The molecule has 1 unspecified atom stereocenters. The number of fused-ring (bicyclic) bond motifs is 1. The standard InChI is InChI=1S/C16H10N6O3S/c17-7-8-12(10-4-5-11(26-10)22(23)24)13-14(9-3-1-2-6-19-9)20-21-16(13)25-15(8)18/h1-6,12H,18H2,(H,20,21). The molecular weight excluding hydrogens is 356 g/mol. The number of hydrogen-bond donors (Lipinski definition) is 2. The van der Waals surface area contributed by atoms with Crippen LogP contribution in [0.4, 0.5) is 5.00 Å². The summed E-state index contributed by atoms with van der Waals surface area (Å²) in [5.41, 5.74) is 7.81. The number of nitrogens with zero attached hydrogens (tertiary/aromatic N) is 4. The lowest BCUT2D eigenvalue weighted by molar-refractivity contribution is -0.380. The molecule has 1 aliphatic rings. The fourth-order valence-electron chi connectivity index (χ4n) is 2.83. The Morgan fingerprint density at radius 3 is 2.88 bits per heavy atom. The molecule has 3 aromatic heterocycles. The molecule has 1 atom stereocenters. The average molecular weight is 366 g/mol. The number of nitrogens with one attached hydrogen (secondary N) is 1. The predicted octanol–water partition coefficient (Wildman–Crippen LogP) is 2.66. The minimum atomic E-state index is -0.627. The van der Waals surface area contributed by atoms with Crippen molar-refractivity contribution in [3.05, 3.63) is 68.5 Å². The first-order valence-corrected chi connectivity index (χ1v) is 8.23. The van der Waals surface area contributed by atoms with Crippen molar-refractivity contribution < 1.29 is 9.66 Å². The Balaban J connectivity index is 1.93. The van der Waals surface area contributed by atoms with Crippen LogP contribution in [0.25, 0.3) is 11.4 Å². The smallest absolute Gasteiger partial charge is 0.324 e. The van der Waals surface area contributed by atoms with Crippen LogP contribution in [-0.4, -0.2) is 20.1 Å². The normalized spacial score (nSPS) is 15.9. The van der Waals surface area contributed by atoms with Gasteiger partial charge in [-0.1, -0.05) is 17.4 Å². The van der Waals surface area contributed by atoms with Gasteiger partial charge in [-0.25, -0.2) is 0 Å². The molecule has 4 rings (SSSR count). The molecule has 4 heterocycles. The van der Waals surface area contributed by atoms with Crippen molar-refractivity contribution in [1.82, 2.24) is 15.2 Å². The molecule has 0 saturated heterocycles. The van der Waals surface area contributed by atoms with Crippen LogP contribution in [0.5, 0.6) is 5.88 Å². The summed E-state index contributed by atoms with van der Waals surface area (Å²) in [7, 11) is 0. The van der Waals surface area contributed by atoms with E-state index in [1.807, 2.05) is 6.07 Å². The van der Waals surface area contributed by atoms with Gasteiger partial charge in [0.2, 0.25) is 11.8 Å². The molecule has 128 valence electrons. The second-order valence-electron chi connectivity index (χ2n) is 5.39. The van der Waals surface area contributed by atoms with Crippen LogP contribution in [0.3, 0.4) is 0 Å². The average Bonchev–Trinajstić information content (AvgIpc) is 3.28. The Labute approximate surface area is 150 Å². The van der Waals surface area contributed by atoms with Crippen molar-refractivity contribution in [2.24, 2.45) is 5.73 Å². The van der Waals surface area contributed by atoms with Gasteiger partial charge in [0.25, 0.3) is 0 Å². The number of ether oxygens (including phenoxy) is 1. The maximum absolute atomic E-state index is 11.1. The third-order valence-corrected chi connectivity index (χ3v) is 5.04. The highest BCUT2D eigenvalue weighted by Crippen LogP contribution is 2.47. The van der Waals surface area contributed by atoms with Gasteiger partial charge in [0.15, 0.2) is 0 Å². The first-order chi connectivity index (χ1) is 12.6.